The molecule has 0 spiro atoms. The predicted molar refractivity (Wildman–Crippen MR) is 121 cm³/mol. The number of aromatic nitrogens is 2. The number of carbonyl (C=O) groups is 1. The molecule has 0 saturated carbocycles. The molecule has 0 fully saturated rings. The van der Waals surface area contributed by atoms with Gasteiger partial charge in [0.1, 0.15) is 17.4 Å². The molecule has 2 aromatic carbocycles. The van der Waals surface area contributed by atoms with Gasteiger partial charge < -0.3 is 15.4 Å². The van der Waals surface area contributed by atoms with Crippen LogP contribution in [-0.4, -0.2) is 35.0 Å². The highest BCUT2D eigenvalue weighted by Gasteiger charge is 2.14. The van der Waals surface area contributed by atoms with Crippen molar-refractivity contribution in [3.8, 4) is 5.75 Å². The van der Waals surface area contributed by atoms with E-state index in [1.165, 1.54) is 17.6 Å². The van der Waals surface area contributed by atoms with Gasteiger partial charge in [-0.25, -0.2) is 9.37 Å². The first-order valence-electron chi connectivity index (χ1n) is 10.2. The standard InChI is InChI=1S/C23H27FN4O2S/c1-4-5-18(26-22(29)17-7-9-19(30-3)10-8-17)14-25-23-27-21(28-31-23)13-16-6-11-20(24)15(2)12-16/h6-12,18H,4-5,13-14H2,1-3H3,(H,26,29)(H,25,27,28). The third-order valence-corrected chi connectivity index (χ3v) is 5.59. The van der Waals surface area contributed by atoms with Crippen LogP contribution in [0.3, 0.4) is 0 Å². The van der Waals surface area contributed by atoms with Gasteiger partial charge in [0.25, 0.3) is 5.91 Å². The molecule has 31 heavy (non-hydrogen) atoms. The molecule has 0 aliphatic rings. The van der Waals surface area contributed by atoms with Gasteiger partial charge in [-0.2, -0.15) is 4.37 Å². The topological polar surface area (TPSA) is 76.1 Å². The van der Waals surface area contributed by atoms with Crippen molar-refractivity contribution in [1.29, 1.82) is 0 Å². The van der Waals surface area contributed by atoms with Crippen molar-refractivity contribution < 1.29 is 13.9 Å². The number of nitrogens with zero attached hydrogens (tertiary/aromatic N) is 2. The normalized spacial score (nSPS) is 11.7. The molecule has 2 N–H and O–H groups in total. The van der Waals surface area contributed by atoms with Crippen molar-refractivity contribution in [1.82, 2.24) is 14.7 Å². The molecule has 0 aliphatic carbocycles. The van der Waals surface area contributed by atoms with Crippen molar-refractivity contribution >= 4 is 22.6 Å². The summed E-state index contributed by atoms with van der Waals surface area (Å²) in [5.41, 5.74) is 2.18. The Labute approximate surface area is 186 Å². The Morgan fingerprint density at radius 1 is 1.23 bits per heavy atom. The zero-order chi connectivity index (χ0) is 22.2. The molecule has 0 saturated heterocycles. The fraction of sp³-hybridized carbons (Fsp3) is 0.348. The Hall–Kier alpha value is -3.00. The molecule has 1 aromatic heterocycles. The summed E-state index contributed by atoms with van der Waals surface area (Å²) in [7, 11) is 1.59. The first kappa shape index (κ1) is 22.7. The smallest absolute Gasteiger partial charge is 0.251 e. The van der Waals surface area contributed by atoms with Crippen molar-refractivity contribution in [2.45, 2.75) is 39.2 Å². The van der Waals surface area contributed by atoms with Gasteiger partial charge in [-0.15, -0.1) is 0 Å². The minimum atomic E-state index is -0.212. The van der Waals surface area contributed by atoms with Crippen LogP contribution in [0.2, 0.25) is 0 Å². The second-order valence-electron chi connectivity index (χ2n) is 7.34. The molecule has 3 rings (SSSR count). The van der Waals surface area contributed by atoms with Crippen LogP contribution in [0.1, 0.15) is 47.1 Å². The highest BCUT2D eigenvalue weighted by atomic mass is 32.1. The lowest BCUT2D eigenvalue weighted by atomic mass is 10.1. The second-order valence-corrected chi connectivity index (χ2v) is 8.10. The molecule has 0 aliphatic heterocycles. The van der Waals surface area contributed by atoms with E-state index in [0.29, 0.717) is 40.8 Å². The molecule has 1 atom stereocenters. The van der Waals surface area contributed by atoms with E-state index in [1.54, 1.807) is 44.4 Å². The first-order valence-corrected chi connectivity index (χ1v) is 11.0. The van der Waals surface area contributed by atoms with Crippen LogP contribution in [0.15, 0.2) is 42.5 Å². The second kappa shape index (κ2) is 10.9. The van der Waals surface area contributed by atoms with E-state index in [0.717, 1.165) is 18.4 Å². The molecule has 1 amide bonds. The largest absolute Gasteiger partial charge is 0.497 e. The summed E-state index contributed by atoms with van der Waals surface area (Å²) in [6, 6.07) is 12.0. The van der Waals surface area contributed by atoms with Crippen LogP contribution in [-0.2, 0) is 6.42 Å². The third kappa shape index (κ3) is 6.49. The van der Waals surface area contributed by atoms with Crippen LogP contribution in [0.5, 0.6) is 5.75 Å². The van der Waals surface area contributed by atoms with Gasteiger partial charge >= 0.3 is 0 Å². The average molecular weight is 443 g/mol. The lowest BCUT2D eigenvalue weighted by molar-refractivity contribution is 0.0937. The number of rotatable bonds is 10. The maximum absolute atomic E-state index is 13.4. The van der Waals surface area contributed by atoms with E-state index < -0.39 is 0 Å². The van der Waals surface area contributed by atoms with Gasteiger partial charge in [0.15, 0.2) is 0 Å². The van der Waals surface area contributed by atoms with Crippen molar-refractivity contribution in [2.24, 2.45) is 0 Å². The van der Waals surface area contributed by atoms with E-state index >= 15 is 0 Å². The van der Waals surface area contributed by atoms with Gasteiger partial charge in [0.05, 0.1) is 7.11 Å². The molecule has 3 aromatic rings. The first-order chi connectivity index (χ1) is 15.0. The maximum Gasteiger partial charge on any atom is 0.251 e. The van der Waals surface area contributed by atoms with Gasteiger partial charge in [0.2, 0.25) is 5.13 Å². The van der Waals surface area contributed by atoms with Crippen molar-refractivity contribution in [3.63, 3.8) is 0 Å². The van der Waals surface area contributed by atoms with Crippen LogP contribution in [0.25, 0.3) is 0 Å². The number of ether oxygens (including phenoxy) is 1. The Morgan fingerprint density at radius 2 is 2.00 bits per heavy atom. The van der Waals surface area contributed by atoms with Gasteiger partial charge in [-0.3, -0.25) is 4.79 Å². The number of nitrogens with one attached hydrogen (secondary N) is 2. The van der Waals surface area contributed by atoms with Crippen molar-refractivity contribution in [2.75, 3.05) is 19.0 Å². The highest BCUT2D eigenvalue weighted by molar-refractivity contribution is 7.09. The minimum absolute atomic E-state index is 0.0355. The number of benzene rings is 2. The third-order valence-electron chi connectivity index (χ3n) is 4.88. The maximum atomic E-state index is 13.4. The van der Waals surface area contributed by atoms with Gasteiger partial charge in [-0.05, 0) is 54.8 Å². The quantitative estimate of drug-likeness (QED) is 0.480. The van der Waals surface area contributed by atoms with Crippen LogP contribution >= 0.6 is 11.5 Å². The molecule has 1 heterocycles. The summed E-state index contributed by atoms with van der Waals surface area (Å²) in [5.74, 6) is 1.07. The van der Waals surface area contributed by atoms with Gasteiger partial charge in [-0.1, -0.05) is 25.5 Å². The molecule has 0 radical (unpaired) electrons. The Kier molecular flexibility index (Phi) is 7.94. The summed E-state index contributed by atoms with van der Waals surface area (Å²) in [5, 5.41) is 7.06. The average Bonchev–Trinajstić information content (AvgIpc) is 3.22. The molecule has 1 unspecified atom stereocenters. The summed E-state index contributed by atoms with van der Waals surface area (Å²) in [6.45, 7) is 4.38. The summed E-state index contributed by atoms with van der Waals surface area (Å²) in [6.07, 6.45) is 2.34. The Bertz CT molecular complexity index is 1010. The highest BCUT2D eigenvalue weighted by Crippen LogP contribution is 2.17. The molecular formula is C23H27FN4O2S. The number of halogens is 1. The minimum Gasteiger partial charge on any atom is -0.497 e. The van der Waals surface area contributed by atoms with Crippen molar-refractivity contribution in [3.05, 3.63) is 70.8 Å². The van der Waals surface area contributed by atoms with E-state index in [2.05, 4.69) is 26.9 Å². The van der Waals surface area contributed by atoms with E-state index in [4.69, 9.17) is 4.74 Å². The summed E-state index contributed by atoms with van der Waals surface area (Å²) < 4.78 is 23.0. The summed E-state index contributed by atoms with van der Waals surface area (Å²) >= 11 is 1.28. The number of anilines is 1. The number of amides is 1. The van der Waals surface area contributed by atoms with E-state index in [9.17, 15) is 9.18 Å². The van der Waals surface area contributed by atoms with Crippen LogP contribution in [0.4, 0.5) is 9.52 Å². The molecular weight excluding hydrogens is 415 g/mol. The number of aryl methyl sites for hydroxylation is 1. The molecule has 0 bridgehead atoms. The fourth-order valence-corrected chi connectivity index (χ4v) is 3.78. The number of hydrogen-bond donors (Lipinski definition) is 2. The van der Waals surface area contributed by atoms with Crippen LogP contribution < -0.4 is 15.4 Å². The lowest BCUT2D eigenvalue weighted by Crippen LogP contribution is -2.39. The Balaban J connectivity index is 1.55. The monoisotopic (exact) mass is 442 g/mol. The number of carbonyl (C=O) groups excluding carboxylic acids is 1. The zero-order valence-corrected chi connectivity index (χ0v) is 18.8. The van der Waals surface area contributed by atoms with Gasteiger partial charge in [0, 0.05) is 36.1 Å². The summed E-state index contributed by atoms with van der Waals surface area (Å²) in [4.78, 5) is 17.1. The predicted octanol–water partition coefficient (Wildman–Crippen LogP) is 4.60. The zero-order valence-electron chi connectivity index (χ0n) is 17.9. The fourth-order valence-electron chi connectivity index (χ4n) is 3.19. The Morgan fingerprint density at radius 3 is 2.68 bits per heavy atom. The molecule has 8 heteroatoms. The molecule has 6 nitrogen and oxygen atoms in total. The van der Waals surface area contributed by atoms with E-state index in [1.807, 2.05) is 6.07 Å². The van der Waals surface area contributed by atoms with Crippen LogP contribution in [0, 0.1) is 12.7 Å². The lowest BCUT2D eigenvalue weighted by Gasteiger charge is -2.18. The number of hydrogen-bond acceptors (Lipinski definition) is 6. The van der Waals surface area contributed by atoms with E-state index in [-0.39, 0.29) is 17.8 Å². The number of methoxy groups -OCH3 is 1. The molecule has 164 valence electrons. The SMILES string of the molecule is CCCC(CNc1nc(Cc2ccc(F)c(C)c2)ns1)NC(=O)c1ccc(OC)cc1.